The van der Waals surface area contributed by atoms with Crippen LogP contribution in [0.25, 0.3) is 0 Å². The Hall–Kier alpha value is -1.74. The summed E-state index contributed by atoms with van der Waals surface area (Å²) in [5, 5.41) is 13.4. The minimum Gasteiger partial charge on any atom is -0.462 e. The lowest BCUT2D eigenvalue weighted by molar-refractivity contribution is -0.149. The zero-order chi connectivity index (χ0) is 27.5. The highest BCUT2D eigenvalue weighted by Gasteiger charge is 2.54. The lowest BCUT2D eigenvalue weighted by Crippen LogP contribution is -2.43. The van der Waals surface area contributed by atoms with Gasteiger partial charge >= 0.3 is 19.4 Å². The number of aromatic nitrogens is 2. The van der Waals surface area contributed by atoms with Crippen molar-refractivity contribution in [3.8, 4) is 5.75 Å². The minimum absolute atomic E-state index is 0.199. The Morgan fingerprint density at radius 1 is 1.32 bits per heavy atom. The summed E-state index contributed by atoms with van der Waals surface area (Å²) in [6.45, 7) is 5.75. The second-order valence-electron chi connectivity index (χ2n) is 8.80. The molecule has 1 aliphatic rings. The lowest BCUT2D eigenvalue weighted by Gasteiger charge is -2.26. The van der Waals surface area contributed by atoms with Crippen LogP contribution >= 0.6 is 41.9 Å². The maximum atomic E-state index is 13.7. The van der Waals surface area contributed by atoms with E-state index in [2.05, 4.69) is 10.1 Å². The Bertz CT molecular complexity index is 1270. The number of aromatic amines is 1. The van der Waals surface area contributed by atoms with Gasteiger partial charge in [0.1, 0.15) is 28.9 Å². The van der Waals surface area contributed by atoms with Crippen molar-refractivity contribution in [3.05, 3.63) is 60.9 Å². The maximum absolute atomic E-state index is 13.7. The second-order valence-corrected chi connectivity index (χ2v) is 12.5. The van der Waals surface area contributed by atoms with E-state index >= 15 is 0 Å². The molecule has 6 atom stereocenters. The number of hydrogen-bond donors (Lipinski definition) is 3. The van der Waals surface area contributed by atoms with Gasteiger partial charge in [-0.15, -0.1) is 11.6 Å². The van der Waals surface area contributed by atoms with Gasteiger partial charge in [-0.2, -0.15) is 5.09 Å². The topological polar surface area (TPSA) is 158 Å². The average Bonchev–Trinajstić information content (AvgIpc) is 3.03. The molecule has 3 N–H and O–H groups in total. The Kier molecular flexibility index (Phi) is 9.65. The molecule has 0 aliphatic carbocycles. The highest BCUT2D eigenvalue weighted by molar-refractivity contribution is 14.1. The van der Waals surface area contributed by atoms with Crippen molar-refractivity contribution in [3.63, 3.8) is 0 Å². The van der Waals surface area contributed by atoms with Crippen molar-refractivity contribution in [2.75, 3.05) is 6.61 Å². The van der Waals surface area contributed by atoms with Crippen molar-refractivity contribution in [1.29, 1.82) is 0 Å². The summed E-state index contributed by atoms with van der Waals surface area (Å²) >= 11 is 8.32. The summed E-state index contributed by atoms with van der Waals surface area (Å²) in [7, 11) is -4.23. The predicted molar refractivity (Wildman–Crippen MR) is 143 cm³/mol. The fraction of sp³-hybridized carbons (Fsp3) is 0.500. The first-order valence-corrected chi connectivity index (χ1v) is 14.2. The van der Waals surface area contributed by atoms with E-state index in [1.165, 1.54) is 20.0 Å². The van der Waals surface area contributed by atoms with Crippen molar-refractivity contribution in [1.82, 2.24) is 14.6 Å². The Morgan fingerprint density at radius 2 is 1.97 bits per heavy atom. The predicted octanol–water partition coefficient (Wildman–Crippen LogP) is 2.53. The van der Waals surface area contributed by atoms with Crippen LogP contribution in [0.3, 0.4) is 0 Å². The van der Waals surface area contributed by atoms with E-state index in [0.29, 0.717) is 0 Å². The largest absolute Gasteiger partial charge is 0.462 e. The summed E-state index contributed by atoms with van der Waals surface area (Å²) in [5.41, 5.74) is -1.36. The normalized spacial score (nSPS) is 26.0. The molecule has 1 aromatic heterocycles. The molecule has 0 saturated carbocycles. The third-order valence-corrected chi connectivity index (χ3v) is 8.15. The Labute approximate surface area is 231 Å². The molecule has 2 heterocycles. The first-order valence-electron chi connectivity index (χ1n) is 11.2. The van der Waals surface area contributed by atoms with Gasteiger partial charge in [-0.25, -0.2) is 9.36 Å². The first kappa shape index (κ1) is 29.8. The van der Waals surface area contributed by atoms with Crippen LogP contribution in [0.1, 0.15) is 33.9 Å². The molecule has 12 nitrogen and oxygen atoms in total. The fourth-order valence-electron chi connectivity index (χ4n) is 3.49. The number of ether oxygens (including phenoxy) is 2. The van der Waals surface area contributed by atoms with Crippen molar-refractivity contribution >= 4 is 47.9 Å². The molecule has 3 rings (SSSR count). The number of benzene rings is 1. The highest BCUT2D eigenvalue weighted by Crippen LogP contribution is 2.48. The molecule has 2 unspecified atom stereocenters. The van der Waals surface area contributed by atoms with E-state index < -0.39 is 67.0 Å². The van der Waals surface area contributed by atoms with Gasteiger partial charge in [0.05, 0.1) is 16.3 Å². The molecule has 0 amide bonds. The average molecular weight is 672 g/mol. The van der Waals surface area contributed by atoms with E-state index in [0.717, 1.165) is 4.57 Å². The molecular formula is C22H28ClIN3O9P. The number of nitrogens with one attached hydrogen (secondary N) is 2. The number of carbonyl (C=O) groups excluding carboxylic acids is 1. The monoisotopic (exact) mass is 671 g/mol. The van der Waals surface area contributed by atoms with Crippen LogP contribution in [0.5, 0.6) is 5.75 Å². The minimum atomic E-state index is -4.23. The van der Waals surface area contributed by atoms with Gasteiger partial charge in [0, 0.05) is 6.20 Å². The number of hydrogen-bond acceptors (Lipinski definition) is 9. The van der Waals surface area contributed by atoms with E-state index in [-0.39, 0.29) is 9.32 Å². The third-order valence-electron chi connectivity index (χ3n) is 5.33. The van der Waals surface area contributed by atoms with Crippen LogP contribution in [-0.2, 0) is 23.4 Å². The van der Waals surface area contributed by atoms with Gasteiger partial charge in [0.25, 0.3) is 5.56 Å². The van der Waals surface area contributed by atoms with E-state index in [1.807, 2.05) is 0 Å². The Balaban J connectivity index is 1.82. The van der Waals surface area contributed by atoms with Crippen molar-refractivity contribution in [2.45, 2.75) is 63.2 Å². The summed E-state index contributed by atoms with van der Waals surface area (Å²) in [6.07, 6.45) is -2.87. The molecule has 2 aromatic rings. The number of esters is 1. The maximum Gasteiger partial charge on any atom is 0.459 e. The number of rotatable bonds is 10. The van der Waals surface area contributed by atoms with Crippen LogP contribution in [-0.4, -0.2) is 56.5 Å². The number of para-hydroxylation sites is 1. The summed E-state index contributed by atoms with van der Waals surface area (Å²) in [5.74, 6) is -0.474. The molecule has 1 saturated heterocycles. The molecule has 1 aliphatic heterocycles. The van der Waals surface area contributed by atoms with E-state index in [1.54, 1.807) is 66.8 Å². The molecule has 15 heteroatoms. The lowest BCUT2D eigenvalue weighted by atomic mass is 10.0. The first-order chi connectivity index (χ1) is 17.2. The third kappa shape index (κ3) is 7.22. The molecule has 0 spiro atoms. The van der Waals surface area contributed by atoms with Crippen molar-refractivity contribution < 1.29 is 33.0 Å². The van der Waals surface area contributed by atoms with Crippen LogP contribution in [0, 0.1) is 3.57 Å². The standard InChI is InChI=1S/C22H28ClIN3O9P/c1-12(2)34-19(30)13(3)26-37(32,36-14-8-6-5-7-9-14)33-11-16-17(28)22(4,23)20(35-16)27-10-15(24)18(29)25-21(27)31/h5-10,12-13,16-17,20,28H,11H2,1-4H3,(H,26,32)(H,25,29,31)/t13-,16-,17-,20?,22-,37?/m1/s1. The number of aliphatic hydroxyl groups is 1. The number of halogens is 2. The summed E-state index contributed by atoms with van der Waals surface area (Å²) in [4.78, 5) is 37.1. The fourth-order valence-corrected chi connectivity index (χ4v) is 5.73. The van der Waals surface area contributed by atoms with E-state index in [4.69, 9.17) is 30.1 Å². The summed E-state index contributed by atoms with van der Waals surface area (Å²) < 4.78 is 37.1. The number of H-pyrrole nitrogens is 1. The van der Waals surface area contributed by atoms with Crippen LogP contribution in [0.2, 0.25) is 0 Å². The second kappa shape index (κ2) is 12.0. The van der Waals surface area contributed by atoms with E-state index in [9.17, 15) is 24.1 Å². The quantitative estimate of drug-likeness (QED) is 0.148. The molecule has 0 bridgehead atoms. The number of alkyl halides is 1. The zero-order valence-corrected chi connectivity index (χ0v) is 24.2. The highest BCUT2D eigenvalue weighted by atomic mass is 127. The van der Waals surface area contributed by atoms with Crippen LogP contribution < -0.4 is 20.9 Å². The van der Waals surface area contributed by atoms with Gasteiger partial charge < -0.3 is 19.1 Å². The van der Waals surface area contributed by atoms with Gasteiger partial charge in [0.2, 0.25) is 0 Å². The molecule has 1 aromatic carbocycles. The number of aliphatic hydroxyl groups excluding tert-OH is 1. The molecular weight excluding hydrogens is 644 g/mol. The molecule has 37 heavy (non-hydrogen) atoms. The molecule has 0 radical (unpaired) electrons. The Morgan fingerprint density at radius 3 is 2.59 bits per heavy atom. The van der Waals surface area contributed by atoms with Gasteiger partial charge in [-0.3, -0.25) is 23.7 Å². The van der Waals surface area contributed by atoms with Gasteiger partial charge in [0.15, 0.2) is 6.23 Å². The van der Waals surface area contributed by atoms with Crippen LogP contribution in [0.4, 0.5) is 0 Å². The van der Waals surface area contributed by atoms with Gasteiger partial charge in [-0.05, 0) is 62.4 Å². The van der Waals surface area contributed by atoms with Crippen molar-refractivity contribution in [2.24, 2.45) is 0 Å². The zero-order valence-electron chi connectivity index (χ0n) is 20.4. The SMILES string of the molecule is CC(C)OC(=O)[C@@H](C)NP(=O)(OC[C@H]1OC(n2cc(I)c(=O)[nH]c2=O)[C@](C)(Cl)[C@@H]1O)Oc1ccccc1. The smallest absolute Gasteiger partial charge is 0.459 e. The molecule has 1 fully saturated rings. The summed E-state index contributed by atoms with van der Waals surface area (Å²) in [6, 6.07) is 7.08. The van der Waals surface area contributed by atoms with Gasteiger partial charge in [-0.1, -0.05) is 18.2 Å². The van der Waals surface area contributed by atoms with Crippen LogP contribution in [0.15, 0.2) is 46.1 Å². The molecule has 204 valence electrons. The number of nitrogens with zero attached hydrogens (tertiary/aromatic N) is 1. The number of carbonyl (C=O) groups is 1.